The first kappa shape index (κ1) is 18.9. The van der Waals surface area contributed by atoms with Gasteiger partial charge < -0.3 is 10.1 Å². The van der Waals surface area contributed by atoms with Crippen molar-refractivity contribution in [1.29, 1.82) is 0 Å². The van der Waals surface area contributed by atoms with Gasteiger partial charge >= 0.3 is 0 Å². The molecule has 27 heavy (non-hydrogen) atoms. The summed E-state index contributed by atoms with van der Waals surface area (Å²) in [5.74, 6) is 1.24. The van der Waals surface area contributed by atoms with Crippen LogP contribution < -0.4 is 10.1 Å². The molecule has 0 aliphatic carbocycles. The van der Waals surface area contributed by atoms with Gasteiger partial charge in [-0.2, -0.15) is 0 Å². The summed E-state index contributed by atoms with van der Waals surface area (Å²) >= 11 is 1.30. The van der Waals surface area contributed by atoms with Gasteiger partial charge in [-0.1, -0.05) is 36.0 Å². The second-order valence-corrected chi connectivity index (χ2v) is 7.13. The molecule has 0 saturated carbocycles. The lowest BCUT2D eigenvalue weighted by Gasteiger charge is -2.11. The van der Waals surface area contributed by atoms with Gasteiger partial charge in [0, 0.05) is 18.1 Å². The maximum atomic E-state index is 12.3. The van der Waals surface area contributed by atoms with Crippen molar-refractivity contribution in [2.24, 2.45) is 0 Å². The summed E-state index contributed by atoms with van der Waals surface area (Å²) in [5, 5.41) is 3.49. The molecule has 138 valence electrons. The highest BCUT2D eigenvalue weighted by molar-refractivity contribution is 8.00. The fourth-order valence-corrected chi connectivity index (χ4v) is 3.10. The molecule has 1 heterocycles. The van der Waals surface area contributed by atoms with Crippen molar-refractivity contribution in [3.8, 4) is 11.6 Å². The zero-order valence-electron chi connectivity index (χ0n) is 15.5. The SMILES string of the molecule is Cc1ccc(NC(=O)CSc2nccnc2Oc2ccccc2C)cc1C. The molecular formula is C21H21N3O2S. The summed E-state index contributed by atoms with van der Waals surface area (Å²) in [4.78, 5) is 20.9. The molecule has 3 aromatic rings. The second-order valence-electron chi connectivity index (χ2n) is 6.17. The molecule has 0 aliphatic rings. The van der Waals surface area contributed by atoms with Gasteiger partial charge in [0.2, 0.25) is 5.91 Å². The highest BCUT2D eigenvalue weighted by Gasteiger charge is 2.12. The van der Waals surface area contributed by atoms with Gasteiger partial charge in [-0.25, -0.2) is 9.97 Å². The van der Waals surface area contributed by atoms with E-state index in [-0.39, 0.29) is 11.7 Å². The number of hydrogen-bond acceptors (Lipinski definition) is 5. The molecule has 1 aromatic heterocycles. The molecule has 6 heteroatoms. The molecule has 0 atom stereocenters. The fourth-order valence-electron chi connectivity index (χ4n) is 2.41. The van der Waals surface area contributed by atoms with Crippen molar-refractivity contribution in [3.05, 3.63) is 71.5 Å². The third-order valence-electron chi connectivity index (χ3n) is 4.06. The number of para-hydroxylation sites is 1. The molecule has 0 fully saturated rings. The number of carbonyl (C=O) groups excluding carboxylic acids is 1. The lowest BCUT2D eigenvalue weighted by Crippen LogP contribution is -2.14. The first-order valence-electron chi connectivity index (χ1n) is 8.57. The molecule has 3 rings (SSSR count). The maximum absolute atomic E-state index is 12.3. The van der Waals surface area contributed by atoms with Crippen LogP contribution in [0.5, 0.6) is 11.6 Å². The van der Waals surface area contributed by atoms with E-state index in [9.17, 15) is 4.79 Å². The van der Waals surface area contributed by atoms with E-state index < -0.39 is 0 Å². The van der Waals surface area contributed by atoms with E-state index in [0.717, 1.165) is 22.6 Å². The normalized spacial score (nSPS) is 10.5. The Balaban J connectivity index is 1.65. The van der Waals surface area contributed by atoms with Crippen LogP contribution in [-0.2, 0) is 4.79 Å². The van der Waals surface area contributed by atoms with Crippen molar-refractivity contribution in [2.45, 2.75) is 25.8 Å². The number of anilines is 1. The van der Waals surface area contributed by atoms with Gasteiger partial charge in [-0.3, -0.25) is 4.79 Å². The van der Waals surface area contributed by atoms with E-state index in [2.05, 4.69) is 15.3 Å². The van der Waals surface area contributed by atoms with Crippen LogP contribution in [0.1, 0.15) is 16.7 Å². The quantitative estimate of drug-likeness (QED) is 0.616. The Bertz CT molecular complexity index is 960. The van der Waals surface area contributed by atoms with Crippen LogP contribution in [0.3, 0.4) is 0 Å². The number of benzene rings is 2. The van der Waals surface area contributed by atoms with Crippen molar-refractivity contribution < 1.29 is 9.53 Å². The third kappa shape index (κ3) is 5.08. The molecule has 0 saturated heterocycles. The standard InChI is InChI=1S/C21H21N3O2S/c1-14-8-9-17(12-16(14)3)24-19(25)13-27-21-20(22-10-11-23-21)26-18-7-5-4-6-15(18)2/h4-12H,13H2,1-3H3,(H,24,25). The smallest absolute Gasteiger partial charge is 0.252 e. The number of nitrogens with one attached hydrogen (secondary N) is 1. The Kier molecular flexibility index (Phi) is 6.08. The largest absolute Gasteiger partial charge is 0.436 e. The lowest BCUT2D eigenvalue weighted by atomic mass is 10.1. The van der Waals surface area contributed by atoms with Crippen molar-refractivity contribution in [2.75, 3.05) is 11.1 Å². The summed E-state index contributed by atoms with van der Waals surface area (Å²) in [6.45, 7) is 6.03. The van der Waals surface area contributed by atoms with Gasteiger partial charge in [0.25, 0.3) is 5.88 Å². The predicted octanol–water partition coefficient (Wildman–Crippen LogP) is 4.92. The number of aromatic nitrogens is 2. The summed E-state index contributed by atoms with van der Waals surface area (Å²) in [5.41, 5.74) is 4.13. The number of nitrogens with zero attached hydrogens (tertiary/aromatic N) is 2. The van der Waals surface area contributed by atoms with Gasteiger partial charge in [0.15, 0.2) is 5.03 Å². The third-order valence-corrected chi connectivity index (χ3v) is 5.02. The van der Waals surface area contributed by atoms with Crippen LogP contribution in [0.4, 0.5) is 5.69 Å². The number of ether oxygens (including phenoxy) is 1. The van der Waals surface area contributed by atoms with E-state index in [1.54, 1.807) is 12.4 Å². The first-order valence-corrected chi connectivity index (χ1v) is 9.56. The molecule has 0 radical (unpaired) electrons. The Morgan fingerprint density at radius 1 is 1.00 bits per heavy atom. The molecule has 5 nitrogen and oxygen atoms in total. The van der Waals surface area contributed by atoms with Crippen LogP contribution in [0, 0.1) is 20.8 Å². The number of rotatable bonds is 6. The highest BCUT2D eigenvalue weighted by atomic mass is 32.2. The topological polar surface area (TPSA) is 64.1 Å². The summed E-state index contributed by atoms with van der Waals surface area (Å²) in [6.07, 6.45) is 3.17. The van der Waals surface area contributed by atoms with Crippen LogP contribution in [0.2, 0.25) is 0 Å². The van der Waals surface area contributed by atoms with E-state index in [0.29, 0.717) is 10.9 Å². The number of thioether (sulfide) groups is 1. The van der Waals surface area contributed by atoms with Crippen molar-refractivity contribution in [3.63, 3.8) is 0 Å². The Morgan fingerprint density at radius 3 is 2.56 bits per heavy atom. The van der Waals surface area contributed by atoms with Crippen molar-refractivity contribution >= 4 is 23.4 Å². The molecule has 0 unspecified atom stereocenters. The molecule has 1 N–H and O–H groups in total. The molecule has 0 aliphatic heterocycles. The first-order chi connectivity index (χ1) is 13.0. The van der Waals surface area contributed by atoms with E-state index >= 15 is 0 Å². The number of carbonyl (C=O) groups is 1. The zero-order valence-corrected chi connectivity index (χ0v) is 16.3. The molecule has 0 spiro atoms. The maximum Gasteiger partial charge on any atom is 0.252 e. The van der Waals surface area contributed by atoms with Gasteiger partial charge in [0.1, 0.15) is 5.75 Å². The second kappa shape index (κ2) is 8.68. The van der Waals surface area contributed by atoms with Crippen LogP contribution in [-0.4, -0.2) is 21.6 Å². The predicted molar refractivity (Wildman–Crippen MR) is 109 cm³/mol. The van der Waals surface area contributed by atoms with E-state index in [1.165, 1.54) is 17.3 Å². The fraction of sp³-hybridized carbons (Fsp3) is 0.190. The van der Waals surface area contributed by atoms with Gasteiger partial charge in [-0.05, 0) is 55.7 Å². The van der Waals surface area contributed by atoms with E-state index in [1.807, 2.05) is 63.2 Å². The molecule has 2 aromatic carbocycles. The summed E-state index contributed by atoms with van der Waals surface area (Å²) in [6, 6.07) is 13.6. The van der Waals surface area contributed by atoms with Gasteiger partial charge in [-0.15, -0.1) is 0 Å². The average Bonchev–Trinajstić information content (AvgIpc) is 2.66. The minimum absolute atomic E-state index is 0.101. The monoisotopic (exact) mass is 379 g/mol. The molecular weight excluding hydrogens is 358 g/mol. The zero-order chi connectivity index (χ0) is 19.2. The van der Waals surface area contributed by atoms with Crippen LogP contribution in [0.25, 0.3) is 0 Å². The Labute approximate surface area is 163 Å². The molecule has 1 amide bonds. The number of amides is 1. The summed E-state index contributed by atoms with van der Waals surface area (Å²) in [7, 11) is 0. The summed E-state index contributed by atoms with van der Waals surface area (Å²) < 4.78 is 5.89. The lowest BCUT2D eigenvalue weighted by molar-refractivity contribution is -0.113. The van der Waals surface area contributed by atoms with E-state index in [4.69, 9.17) is 4.74 Å². The van der Waals surface area contributed by atoms with Crippen LogP contribution in [0.15, 0.2) is 59.9 Å². The average molecular weight is 379 g/mol. The highest BCUT2D eigenvalue weighted by Crippen LogP contribution is 2.30. The Hall–Kier alpha value is -2.86. The minimum Gasteiger partial charge on any atom is -0.436 e. The number of aryl methyl sites for hydroxylation is 3. The van der Waals surface area contributed by atoms with Crippen molar-refractivity contribution in [1.82, 2.24) is 9.97 Å². The Morgan fingerprint density at radius 2 is 1.78 bits per heavy atom. The number of hydrogen-bond donors (Lipinski definition) is 1. The van der Waals surface area contributed by atoms with Gasteiger partial charge in [0.05, 0.1) is 5.75 Å². The molecule has 0 bridgehead atoms. The van der Waals surface area contributed by atoms with Crippen LogP contribution >= 0.6 is 11.8 Å². The minimum atomic E-state index is -0.101.